The molecule has 0 saturated carbocycles. The molecule has 0 aliphatic heterocycles. The summed E-state index contributed by atoms with van der Waals surface area (Å²) in [5, 5.41) is 4.09. The van der Waals surface area contributed by atoms with Crippen molar-refractivity contribution in [3.8, 4) is 0 Å². The van der Waals surface area contributed by atoms with Gasteiger partial charge in [-0.3, -0.25) is 4.40 Å². The summed E-state index contributed by atoms with van der Waals surface area (Å²) in [6.07, 6.45) is -0.986. The molecule has 0 saturated heterocycles. The number of fused-ring (bicyclic) bond motifs is 1. The second-order valence-electron chi connectivity index (χ2n) is 3.41. The van der Waals surface area contributed by atoms with Crippen LogP contribution in [-0.2, 0) is 6.42 Å². The average molecular weight is 249 g/mol. The third kappa shape index (κ3) is 2.19. The molecule has 1 N–H and O–H groups in total. The first-order chi connectivity index (χ1) is 7.50. The van der Waals surface area contributed by atoms with Crippen LogP contribution in [0.1, 0.15) is 5.69 Å². The third-order valence-electron chi connectivity index (χ3n) is 2.30. The van der Waals surface area contributed by atoms with Gasteiger partial charge in [0.25, 0.3) is 0 Å². The van der Waals surface area contributed by atoms with Crippen LogP contribution in [0.3, 0.4) is 0 Å². The van der Waals surface area contributed by atoms with E-state index in [9.17, 15) is 13.2 Å². The molecule has 2 aromatic rings. The first kappa shape index (κ1) is 11.4. The van der Waals surface area contributed by atoms with Gasteiger partial charge in [-0.25, -0.2) is 4.98 Å². The van der Waals surface area contributed by atoms with Gasteiger partial charge >= 0.3 is 6.18 Å². The molecule has 0 radical (unpaired) electrons. The minimum absolute atomic E-state index is 0.144. The summed E-state index contributed by atoms with van der Waals surface area (Å²) < 4.78 is 39.2. The van der Waals surface area contributed by atoms with Crippen molar-refractivity contribution in [2.75, 3.05) is 7.05 Å². The third-order valence-corrected chi connectivity index (χ3v) is 3.07. The van der Waals surface area contributed by atoms with Gasteiger partial charge in [0.05, 0.1) is 5.69 Å². The van der Waals surface area contributed by atoms with E-state index in [1.165, 1.54) is 18.4 Å². The zero-order valence-electron chi connectivity index (χ0n) is 8.45. The van der Waals surface area contributed by atoms with Crippen LogP contribution in [0.4, 0.5) is 13.2 Å². The number of rotatable bonds is 3. The number of halogens is 3. The van der Waals surface area contributed by atoms with E-state index in [0.29, 0.717) is 10.7 Å². The predicted octanol–water partition coefficient (Wildman–Crippen LogP) is 2.09. The summed E-state index contributed by atoms with van der Waals surface area (Å²) in [6, 6.07) is -1.54. The molecule has 16 heavy (non-hydrogen) atoms. The highest BCUT2D eigenvalue weighted by molar-refractivity contribution is 7.15. The van der Waals surface area contributed by atoms with E-state index >= 15 is 0 Å². The minimum atomic E-state index is -4.24. The summed E-state index contributed by atoms with van der Waals surface area (Å²) >= 11 is 1.40. The maximum atomic E-state index is 12.5. The van der Waals surface area contributed by atoms with Crippen molar-refractivity contribution < 1.29 is 13.2 Å². The molecular weight excluding hydrogens is 239 g/mol. The molecule has 0 spiro atoms. The van der Waals surface area contributed by atoms with E-state index in [-0.39, 0.29) is 6.42 Å². The number of aromatic nitrogens is 2. The highest BCUT2D eigenvalue weighted by atomic mass is 32.1. The van der Waals surface area contributed by atoms with Crippen LogP contribution >= 0.6 is 11.3 Å². The van der Waals surface area contributed by atoms with Crippen molar-refractivity contribution in [1.29, 1.82) is 0 Å². The molecular formula is C9H10F3N3S. The molecule has 2 aromatic heterocycles. The zero-order valence-corrected chi connectivity index (χ0v) is 9.27. The van der Waals surface area contributed by atoms with Crippen molar-refractivity contribution in [1.82, 2.24) is 14.7 Å². The topological polar surface area (TPSA) is 29.3 Å². The van der Waals surface area contributed by atoms with Crippen LogP contribution in [-0.4, -0.2) is 28.7 Å². The molecule has 2 rings (SSSR count). The molecule has 0 aliphatic carbocycles. The van der Waals surface area contributed by atoms with Gasteiger partial charge in [0, 0.05) is 24.2 Å². The Morgan fingerprint density at radius 2 is 2.31 bits per heavy atom. The van der Waals surface area contributed by atoms with Crippen molar-refractivity contribution in [2.24, 2.45) is 0 Å². The van der Waals surface area contributed by atoms with E-state index in [0.717, 1.165) is 0 Å². The average Bonchev–Trinajstić information content (AvgIpc) is 2.71. The van der Waals surface area contributed by atoms with Crippen LogP contribution in [0.15, 0.2) is 17.8 Å². The Labute approximate surface area is 93.9 Å². The van der Waals surface area contributed by atoms with E-state index in [4.69, 9.17) is 0 Å². The summed E-state index contributed by atoms with van der Waals surface area (Å²) in [5.74, 6) is 0. The minimum Gasteiger partial charge on any atom is -0.309 e. The molecule has 3 nitrogen and oxygen atoms in total. The Hall–Kier alpha value is -1.08. The first-order valence-corrected chi connectivity index (χ1v) is 5.53. The molecule has 88 valence electrons. The van der Waals surface area contributed by atoms with Crippen LogP contribution in [0.5, 0.6) is 0 Å². The Bertz CT molecular complexity index is 445. The monoisotopic (exact) mass is 249 g/mol. The lowest BCUT2D eigenvalue weighted by Crippen LogP contribution is -2.41. The van der Waals surface area contributed by atoms with Crippen LogP contribution in [0, 0.1) is 0 Å². The number of thiazole rings is 1. The van der Waals surface area contributed by atoms with Gasteiger partial charge < -0.3 is 5.32 Å². The fourth-order valence-corrected chi connectivity index (χ4v) is 2.18. The largest absolute Gasteiger partial charge is 0.404 e. The molecule has 0 bridgehead atoms. The number of alkyl halides is 3. The van der Waals surface area contributed by atoms with Crippen LogP contribution in [0.2, 0.25) is 0 Å². The predicted molar refractivity (Wildman–Crippen MR) is 55.7 cm³/mol. The Balaban J connectivity index is 2.17. The summed E-state index contributed by atoms with van der Waals surface area (Å²) in [6.45, 7) is 0. The van der Waals surface area contributed by atoms with Crippen molar-refractivity contribution in [3.63, 3.8) is 0 Å². The fraction of sp³-hybridized carbons (Fsp3) is 0.444. The first-order valence-electron chi connectivity index (χ1n) is 4.66. The number of hydrogen-bond donors (Lipinski definition) is 1. The van der Waals surface area contributed by atoms with E-state index < -0.39 is 12.2 Å². The highest BCUT2D eigenvalue weighted by Gasteiger charge is 2.38. The Kier molecular flexibility index (Phi) is 2.90. The maximum absolute atomic E-state index is 12.5. The Morgan fingerprint density at radius 1 is 1.56 bits per heavy atom. The van der Waals surface area contributed by atoms with E-state index in [1.54, 1.807) is 16.8 Å². The lowest BCUT2D eigenvalue weighted by atomic mass is 10.1. The standard InChI is InChI=1S/C9H10F3N3S/c1-13-7(9(10,11)12)4-6-5-15-2-3-16-8(15)14-6/h2-3,5,7,13H,4H2,1H3. The quantitative estimate of drug-likeness (QED) is 0.902. The number of hydrogen-bond acceptors (Lipinski definition) is 3. The van der Waals surface area contributed by atoms with Gasteiger partial charge in [0.2, 0.25) is 0 Å². The normalized spacial score (nSPS) is 14.5. The number of imidazole rings is 1. The van der Waals surface area contributed by atoms with Crippen LogP contribution < -0.4 is 5.32 Å². The molecule has 0 aromatic carbocycles. The lowest BCUT2D eigenvalue weighted by molar-refractivity contribution is -0.154. The molecule has 1 atom stereocenters. The van der Waals surface area contributed by atoms with Gasteiger partial charge in [-0.2, -0.15) is 13.2 Å². The van der Waals surface area contributed by atoms with Gasteiger partial charge in [-0.05, 0) is 7.05 Å². The highest BCUT2D eigenvalue weighted by Crippen LogP contribution is 2.23. The smallest absolute Gasteiger partial charge is 0.309 e. The fourth-order valence-electron chi connectivity index (χ4n) is 1.47. The SMILES string of the molecule is CNC(Cc1cn2ccsc2n1)C(F)(F)F. The Morgan fingerprint density at radius 3 is 2.88 bits per heavy atom. The van der Waals surface area contributed by atoms with Gasteiger partial charge in [-0.15, -0.1) is 11.3 Å². The number of nitrogens with one attached hydrogen (secondary N) is 1. The second-order valence-corrected chi connectivity index (χ2v) is 4.29. The van der Waals surface area contributed by atoms with Gasteiger partial charge in [0.1, 0.15) is 6.04 Å². The van der Waals surface area contributed by atoms with Crippen molar-refractivity contribution in [2.45, 2.75) is 18.6 Å². The lowest BCUT2D eigenvalue weighted by Gasteiger charge is -2.18. The summed E-state index contributed by atoms with van der Waals surface area (Å²) in [4.78, 5) is 4.83. The zero-order chi connectivity index (χ0) is 11.8. The molecule has 0 aliphatic rings. The summed E-state index contributed by atoms with van der Waals surface area (Å²) in [5.41, 5.74) is 0.448. The molecule has 1 unspecified atom stereocenters. The molecule has 2 heterocycles. The van der Waals surface area contributed by atoms with Crippen molar-refractivity contribution in [3.05, 3.63) is 23.5 Å². The number of likely N-dealkylation sites (N-methyl/N-ethyl adjacent to an activating group) is 1. The second kappa shape index (κ2) is 4.06. The molecule has 0 amide bonds. The van der Waals surface area contributed by atoms with E-state index in [2.05, 4.69) is 10.3 Å². The van der Waals surface area contributed by atoms with Crippen molar-refractivity contribution >= 4 is 16.3 Å². The van der Waals surface area contributed by atoms with Gasteiger partial charge in [0.15, 0.2) is 4.96 Å². The molecule has 0 fully saturated rings. The maximum Gasteiger partial charge on any atom is 0.404 e. The van der Waals surface area contributed by atoms with Gasteiger partial charge in [-0.1, -0.05) is 0 Å². The summed E-state index contributed by atoms with van der Waals surface area (Å²) in [7, 11) is 1.30. The van der Waals surface area contributed by atoms with Crippen LogP contribution in [0.25, 0.3) is 4.96 Å². The van der Waals surface area contributed by atoms with E-state index in [1.807, 2.05) is 5.38 Å². The number of nitrogens with zero attached hydrogens (tertiary/aromatic N) is 2. The molecule has 7 heteroatoms.